The van der Waals surface area contributed by atoms with Gasteiger partial charge in [0.1, 0.15) is 23.5 Å². The fourth-order valence-corrected chi connectivity index (χ4v) is 1.32. The highest BCUT2D eigenvalue weighted by molar-refractivity contribution is 5.83. The molecule has 0 saturated carbocycles. The molecular weight excluding hydrogens is 209 g/mol. The molecule has 0 bridgehead atoms. The molecule has 1 unspecified atom stereocenters. The molecule has 0 aliphatic heterocycles. The van der Waals surface area contributed by atoms with E-state index in [0.717, 1.165) is 0 Å². The number of halogens is 1. The zero-order valence-corrected chi connectivity index (χ0v) is 8.83. The van der Waals surface area contributed by atoms with Gasteiger partial charge in [0.15, 0.2) is 0 Å². The highest BCUT2D eigenvalue weighted by Crippen LogP contribution is 2.19. The second kappa shape index (κ2) is 5.12. The van der Waals surface area contributed by atoms with Crippen molar-refractivity contribution in [2.75, 3.05) is 5.32 Å². The van der Waals surface area contributed by atoms with Crippen LogP contribution in [0.15, 0.2) is 18.2 Å². The van der Waals surface area contributed by atoms with Crippen LogP contribution in [0.1, 0.15) is 18.9 Å². The number of carbonyl (C=O) groups excluding carboxylic acids is 1. The van der Waals surface area contributed by atoms with Gasteiger partial charge >= 0.3 is 0 Å². The van der Waals surface area contributed by atoms with Crippen molar-refractivity contribution in [1.82, 2.24) is 0 Å². The van der Waals surface area contributed by atoms with Crippen LogP contribution in [0.2, 0.25) is 0 Å². The topological polar surface area (TPSA) is 78.9 Å². The van der Waals surface area contributed by atoms with E-state index in [1.165, 1.54) is 18.2 Å². The molecule has 84 valence electrons. The van der Waals surface area contributed by atoms with Crippen LogP contribution in [0.25, 0.3) is 0 Å². The normalized spacial score (nSPS) is 11.6. The van der Waals surface area contributed by atoms with E-state index >= 15 is 0 Å². The maximum atomic E-state index is 13.2. The van der Waals surface area contributed by atoms with Crippen LogP contribution < -0.4 is 11.1 Å². The molecule has 0 radical (unpaired) electrons. The first-order valence-corrected chi connectivity index (χ1v) is 4.84. The summed E-state index contributed by atoms with van der Waals surface area (Å²) in [4.78, 5) is 11.0. The Balaban J connectivity index is 3.02. The van der Waals surface area contributed by atoms with Gasteiger partial charge in [-0.2, -0.15) is 5.26 Å². The third kappa shape index (κ3) is 2.48. The predicted molar refractivity (Wildman–Crippen MR) is 58.0 cm³/mol. The Morgan fingerprint density at radius 3 is 2.88 bits per heavy atom. The number of carbonyl (C=O) groups is 1. The Labute approximate surface area is 92.9 Å². The van der Waals surface area contributed by atoms with Gasteiger partial charge in [0.05, 0.1) is 5.69 Å². The number of nitrogens with two attached hydrogens (primary N) is 1. The van der Waals surface area contributed by atoms with E-state index in [-0.39, 0.29) is 11.3 Å². The SMILES string of the molecule is CCC(Nc1cccc(F)c1C#N)C(N)=O. The first-order valence-electron chi connectivity index (χ1n) is 4.84. The lowest BCUT2D eigenvalue weighted by atomic mass is 10.1. The zero-order chi connectivity index (χ0) is 12.1. The van der Waals surface area contributed by atoms with Gasteiger partial charge in [-0.1, -0.05) is 13.0 Å². The minimum Gasteiger partial charge on any atom is -0.373 e. The van der Waals surface area contributed by atoms with E-state index in [4.69, 9.17) is 11.0 Å². The minimum atomic E-state index is -0.619. The van der Waals surface area contributed by atoms with Crippen LogP contribution in [-0.2, 0) is 4.79 Å². The fourth-order valence-electron chi connectivity index (χ4n) is 1.32. The van der Waals surface area contributed by atoms with E-state index in [9.17, 15) is 9.18 Å². The number of hydrogen-bond acceptors (Lipinski definition) is 3. The van der Waals surface area contributed by atoms with E-state index in [1.807, 2.05) is 0 Å². The van der Waals surface area contributed by atoms with E-state index in [1.54, 1.807) is 13.0 Å². The third-order valence-electron chi connectivity index (χ3n) is 2.21. The van der Waals surface area contributed by atoms with Gasteiger partial charge in [-0.05, 0) is 18.6 Å². The van der Waals surface area contributed by atoms with Crippen molar-refractivity contribution in [1.29, 1.82) is 5.26 Å². The molecule has 0 saturated heterocycles. The first-order chi connectivity index (χ1) is 7.60. The molecule has 1 aromatic carbocycles. The zero-order valence-electron chi connectivity index (χ0n) is 8.83. The highest BCUT2D eigenvalue weighted by atomic mass is 19.1. The van der Waals surface area contributed by atoms with Crippen molar-refractivity contribution >= 4 is 11.6 Å². The van der Waals surface area contributed by atoms with Crippen LogP contribution in [0, 0.1) is 17.1 Å². The van der Waals surface area contributed by atoms with Gasteiger partial charge in [0.25, 0.3) is 0 Å². The largest absolute Gasteiger partial charge is 0.373 e. The quantitative estimate of drug-likeness (QED) is 0.806. The number of nitriles is 1. The predicted octanol–water partition coefficient (Wildman–Crippen LogP) is 1.37. The number of nitrogens with zero attached hydrogens (tertiary/aromatic N) is 1. The second-order valence-corrected chi connectivity index (χ2v) is 3.28. The lowest BCUT2D eigenvalue weighted by Gasteiger charge is -2.15. The lowest BCUT2D eigenvalue weighted by Crippen LogP contribution is -2.35. The van der Waals surface area contributed by atoms with Crippen LogP contribution in [-0.4, -0.2) is 11.9 Å². The molecule has 0 heterocycles. The molecule has 0 aliphatic rings. The number of rotatable bonds is 4. The minimum absolute atomic E-state index is 0.109. The maximum Gasteiger partial charge on any atom is 0.239 e. The fraction of sp³-hybridized carbons (Fsp3) is 0.273. The smallest absolute Gasteiger partial charge is 0.239 e. The van der Waals surface area contributed by atoms with Crippen LogP contribution in [0.5, 0.6) is 0 Å². The summed E-state index contributed by atoms with van der Waals surface area (Å²) in [5, 5.41) is 11.5. The van der Waals surface area contributed by atoms with Crippen LogP contribution >= 0.6 is 0 Å². The molecule has 3 N–H and O–H groups in total. The van der Waals surface area contributed by atoms with E-state index < -0.39 is 17.8 Å². The van der Waals surface area contributed by atoms with Crippen molar-refractivity contribution in [2.24, 2.45) is 5.73 Å². The summed E-state index contributed by atoms with van der Waals surface area (Å²) in [6.45, 7) is 1.77. The molecule has 16 heavy (non-hydrogen) atoms. The molecule has 0 spiro atoms. The number of anilines is 1. The van der Waals surface area contributed by atoms with Crippen LogP contribution in [0.3, 0.4) is 0 Å². The molecule has 1 amide bonds. The molecule has 1 rings (SSSR count). The molecule has 5 heteroatoms. The number of hydrogen-bond donors (Lipinski definition) is 2. The van der Waals surface area contributed by atoms with Crippen molar-refractivity contribution in [2.45, 2.75) is 19.4 Å². The standard InChI is InChI=1S/C11H12FN3O/c1-2-9(11(14)16)15-10-5-3-4-8(12)7(10)6-13/h3-5,9,15H,2H2,1H3,(H2,14,16). The third-order valence-corrected chi connectivity index (χ3v) is 2.21. The number of nitrogens with one attached hydrogen (secondary N) is 1. The summed E-state index contributed by atoms with van der Waals surface area (Å²) in [5.41, 5.74) is 5.32. The Morgan fingerprint density at radius 2 is 2.38 bits per heavy atom. The molecule has 4 nitrogen and oxygen atoms in total. The van der Waals surface area contributed by atoms with Gasteiger partial charge in [-0.15, -0.1) is 0 Å². The molecule has 0 aliphatic carbocycles. The average molecular weight is 221 g/mol. The molecule has 0 fully saturated rings. The number of amides is 1. The van der Waals surface area contributed by atoms with Gasteiger partial charge in [-0.3, -0.25) is 4.79 Å². The summed E-state index contributed by atoms with van der Waals surface area (Å²) >= 11 is 0. The lowest BCUT2D eigenvalue weighted by molar-refractivity contribution is -0.118. The summed E-state index contributed by atoms with van der Waals surface area (Å²) < 4.78 is 13.2. The Morgan fingerprint density at radius 1 is 1.69 bits per heavy atom. The summed E-state index contributed by atoms with van der Waals surface area (Å²) in [5.74, 6) is -1.15. The average Bonchev–Trinajstić information content (AvgIpc) is 2.25. The van der Waals surface area contributed by atoms with Crippen molar-refractivity contribution < 1.29 is 9.18 Å². The van der Waals surface area contributed by atoms with Crippen LogP contribution in [0.4, 0.5) is 10.1 Å². The van der Waals surface area contributed by atoms with Gasteiger partial charge in [-0.25, -0.2) is 4.39 Å². The van der Waals surface area contributed by atoms with E-state index in [0.29, 0.717) is 6.42 Å². The monoisotopic (exact) mass is 221 g/mol. The summed E-state index contributed by atoms with van der Waals surface area (Å²) in [7, 11) is 0. The summed E-state index contributed by atoms with van der Waals surface area (Å²) in [6.07, 6.45) is 0.469. The maximum absolute atomic E-state index is 13.2. The van der Waals surface area contributed by atoms with Gasteiger partial charge in [0.2, 0.25) is 5.91 Å². The van der Waals surface area contributed by atoms with E-state index in [2.05, 4.69) is 5.32 Å². The van der Waals surface area contributed by atoms with Gasteiger partial charge in [0, 0.05) is 0 Å². The Bertz CT molecular complexity index is 439. The Hall–Kier alpha value is -2.09. The van der Waals surface area contributed by atoms with Crippen molar-refractivity contribution in [3.63, 3.8) is 0 Å². The Kier molecular flexibility index (Phi) is 3.84. The molecule has 1 atom stereocenters. The number of benzene rings is 1. The molecule has 1 aromatic rings. The molecule has 0 aromatic heterocycles. The first kappa shape index (κ1) is 12.0. The summed E-state index contributed by atoms with van der Waals surface area (Å²) in [6, 6.07) is 5.33. The highest BCUT2D eigenvalue weighted by Gasteiger charge is 2.15. The van der Waals surface area contributed by atoms with Crippen molar-refractivity contribution in [3.8, 4) is 6.07 Å². The number of primary amides is 1. The van der Waals surface area contributed by atoms with Crippen molar-refractivity contribution in [3.05, 3.63) is 29.6 Å². The molecular formula is C11H12FN3O. The second-order valence-electron chi connectivity index (χ2n) is 3.28. The van der Waals surface area contributed by atoms with Gasteiger partial charge < -0.3 is 11.1 Å².